The molecule has 1 aromatic carbocycles. The predicted octanol–water partition coefficient (Wildman–Crippen LogP) is 2.21. The van der Waals surface area contributed by atoms with Gasteiger partial charge in [0.15, 0.2) is 5.60 Å². The summed E-state index contributed by atoms with van der Waals surface area (Å²) in [5.74, 6) is -4.23. The highest BCUT2D eigenvalue weighted by atomic mass is 19.3. The fourth-order valence-electron chi connectivity index (χ4n) is 2.36. The Balaban J connectivity index is 2.70. The van der Waals surface area contributed by atoms with E-state index in [1.807, 2.05) is 0 Å². The summed E-state index contributed by atoms with van der Waals surface area (Å²) in [4.78, 5) is 0. The molecule has 0 bridgehead atoms. The van der Waals surface area contributed by atoms with Crippen molar-refractivity contribution in [3.8, 4) is 0 Å². The van der Waals surface area contributed by atoms with Crippen molar-refractivity contribution >= 4 is 0 Å². The molecule has 2 atom stereocenters. The van der Waals surface area contributed by atoms with Gasteiger partial charge in [-0.1, -0.05) is 38.1 Å². The van der Waals surface area contributed by atoms with Gasteiger partial charge in [-0.15, -0.1) is 0 Å². The molecule has 1 aliphatic carbocycles. The SMILES string of the molecule is CC(C)[C@]1(O)c2ccccc2[C@@H](O)C1(F)F. The molecule has 0 fully saturated rings. The van der Waals surface area contributed by atoms with Crippen LogP contribution in [0.15, 0.2) is 24.3 Å². The Labute approximate surface area is 92.5 Å². The fraction of sp³-hybridized carbons (Fsp3) is 0.500. The zero-order valence-corrected chi connectivity index (χ0v) is 9.11. The lowest BCUT2D eigenvalue weighted by atomic mass is 9.82. The van der Waals surface area contributed by atoms with E-state index < -0.39 is 23.5 Å². The Hall–Kier alpha value is -1.00. The largest absolute Gasteiger partial charge is 0.382 e. The zero-order chi connectivity index (χ0) is 12.1. The molecule has 0 saturated heterocycles. The summed E-state index contributed by atoms with van der Waals surface area (Å²) in [6.07, 6.45) is -1.93. The standard InChI is InChI=1S/C12H14F2O2/c1-7(2)11(16)9-6-4-3-5-8(9)10(15)12(11,13)14/h3-7,10,15-16H,1-2H3/t10-,11+/m1/s1. The van der Waals surface area contributed by atoms with E-state index in [0.29, 0.717) is 0 Å². The molecule has 0 aliphatic heterocycles. The minimum absolute atomic E-state index is 0.115. The number of fused-ring (bicyclic) bond motifs is 1. The smallest absolute Gasteiger partial charge is 0.309 e. The van der Waals surface area contributed by atoms with Crippen LogP contribution in [0.2, 0.25) is 0 Å². The van der Waals surface area contributed by atoms with E-state index in [0.717, 1.165) is 0 Å². The highest BCUT2D eigenvalue weighted by Gasteiger charge is 2.66. The van der Waals surface area contributed by atoms with Gasteiger partial charge in [0, 0.05) is 0 Å². The summed E-state index contributed by atoms with van der Waals surface area (Å²) in [6.45, 7) is 3.03. The monoisotopic (exact) mass is 228 g/mol. The number of benzene rings is 1. The summed E-state index contributed by atoms with van der Waals surface area (Å²) in [5.41, 5.74) is -2.05. The maximum atomic E-state index is 13.9. The Morgan fingerprint density at radius 2 is 1.81 bits per heavy atom. The molecule has 2 nitrogen and oxygen atoms in total. The van der Waals surface area contributed by atoms with Crippen molar-refractivity contribution < 1.29 is 19.0 Å². The number of alkyl halides is 2. The first-order chi connectivity index (χ1) is 7.33. The van der Waals surface area contributed by atoms with E-state index in [1.54, 1.807) is 12.1 Å². The van der Waals surface area contributed by atoms with Gasteiger partial charge in [-0.3, -0.25) is 0 Å². The molecule has 0 saturated carbocycles. The molecule has 0 spiro atoms. The van der Waals surface area contributed by atoms with Crippen molar-refractivity contribution in [1.82, 2.24) is 0 Å². The maximum absolute atomic E-state index is 13.9. The molecule has 2 N–H and O–H groups in total. The third-order valence-corrected chi connectivity index (χ3v) is 3.35. The van der Waals surface area contributed by atoms with Crippen molar-refractivity contribution in [2.45, 2.75) is 31.5 Å². The Morgan fingerprint density at radius 1 is 1.25 bits per heavy atom. The van der Waals surface area contributed by atoms with Gasteiger partial charge in [0.25, 0.3) is 0 Å². The van der Waals surface area contributed by atoms with Crippen molar-refractivity contribution in [2.75, 3.05) is 0 Å². The minimum atomic E-state index is -3.55. The van der Waals surface area contributed by atoms with Crippen molar-refractivity contribution in [3.63, 3.8) is 0 Å². The normalized spacial score (nSPS) is 31.8. The van der Waals surface area contributed by atoms with Gasteiger partial charge in [-0.05, 0) is 17.0 Å². The molecule has 1 aromatic rings. The highest BCUT2D eigenvalue weighted by Crippen LogP contribution is 2.57. The Bertz CT molecular complexity index is 417. The molecule has 0 unspecified atom stereocenters. The minimum Gasteiger partial charge on any atom is -0.382 e. The zero-order valence-electron chi connectivity index (χ0n) is 9.11. The molecule has 0 radical (unpaired) electrons. The van der Waals surface area contributed by atoms with Gasteiger partial charge in [-0.2, -0.15) is 8.78 Å². The number of hydrogen-bond donors (Lipinski definition) is 2. The summed E-state index contributed by atoms with van der Waals surface area (Å²) in [6, 6.07) is 6.03. The maximum Gasteiger partial charge on any atom is 0.309 e. The number of aliphatic hydroxyl groups excluding tert-OH is 1. The molecule has 16 heavy (non-hydrogen) atoms. The first-order valence-corrected chi connectivity index (χ1v) is 5.21. The highest BCUT2D eigenvalue weighted by molar-refractivity contribution is 5.43. The van der Waals surface area contributed by atoms with Crippen LogP contribution < -0.4 is 0 Å². The molecule has 4 heteroatoms. The van der Waals surface area contributed by atoms with E-state index in [9.17, 15) is 19.0 Å². The molecule has 0 amide bonds. The first-order valence-electron chi connectivity index (χ1n) is 5.21. The predicted molar refractivity (Wildman–Crippen MR) is 55.1 cm³/mol. The second kappa shape index (κ2) is 3.25. The second-order valence-corrected chi connectivity index (χ2v) is 4.53. The van der Waals surface area contributed by atoms with Gasteiger partial charge < -0.3 is 10.2 Å². The van der Waals surface area contributed by atoms with Crippen LogP contribution in [0.5, 0.6) is 0 Å². The van der Waals surface area contributed by atoms with Crippen molar-refractivity contribution in [1.29, 1.82) is 0 Å². The van der Waals surface area contributed by atoms with Gasteiger partial charge in [0.05, 0.1) is 0 Å². The van der Waals surface area contributed by atoms with E-state index >= 15 is 0 Å². The average Bonchev–Trinajstić information content (AvgIpc) is 2.40. The van der Waals surface area contributed by atoms with E-state index in [4.69, 9.17) is 0 Å². The third kappa shape index (κ3) is 1.11. The summed E-state index contributed by atoms with van der Waals surface area (Å²) in [5, 5.41) is 19.8. The van der Waals surface area contributed by atoms with E-state index in [2.05, 4.69) is 0 Å². The van der Waals surface area contributed by atoms with Gasteiger partial charge in [0.2, 0.25) is 0 Å². The molecule has 2 rings (SSSR count). The molecule has 0 heterocycles. The molecular weight excluding hydrogens is 214 g/mol. The van der Waals surface area contributed by atoms with Crippen LogP contribution in [0.3, 0.4) is 0 Å². The quantitative estimate of drug-likeness (QED) is 0.773. The Kier molecular flexibility index (Phi) is 2.33. The molecule has 88 valence electrons. The number of halogens is 2. The first kappa shape index (κ1) is 11.5. The van der Waals surface area contributed by atoms with E-state index in [1.165, 1.54) is 26.0 Å². The lowest BCUT2D eigenvalue weighted by Crippen LogP contribution is -2.47. The number of rotatable bonds is 1. The van der Waals surface area contributed by atoms with Crippen molar-refractivity contribution in [2.24, 2.45) is 5.92 Å². The van der Waals surface area contributed by atoms with Crippen molar-refractivity contribution in [3.05, 3.63) is 35.4 Å². The van der Waals surface area contributed by atoms with Crippen LogP contribution in [-0.4, -0.2) is 16.1 Å². The van der Waals surface area contributed by atoms with Gasteiger partial charge >= 0.3 is 5.92 Å². The summed E-state index contributed by atoms with van der Waals surface area (Å²) < 4.78 is 27.9. The van der Waals surface area contributed by atoms with Gasteiger partial charge in [-0.25, -0.2) is 0 Å². The topological polar surface area (TPSA) is 40.5 Å². The lowest BCUT2D eigenvalue weighted by Gasteiger charge is -2.35. The van der Waals surface area contributed by atoms with E-state index in [-0.39, 0.29) is 11.1 Å². The molecular formula is C12H14F2O2. The van der Waals surface area contributed by atoms with Crippen LogP contribution in [0.25, 0.3) is 0 Å². The molecule has 1 aliphatic rings. The third-order valence-electron chi connectivity index (χ3n) is 3.35. The summed E-state index contributed by atoms with van der Waals surface area (Å²) in [7, 11) is 0. The van der Waals surface area contributed by atoms with Crippen LogP contribution in [-0.2, 0) is 5.60 Å². The number of hydrogen-bond acceptors (Lipinski definition) is 2. The van der Waals surface area contributed by atoms with Crippen LogP contribution >= 0.6 is 0 Å². The Morgan fingerprint density at radius 3 is 2.38 bits per heavy atom. The fourth-order valence-corrected chi connectivity index (χ4v) is 2.36. The van der Waals surface area contributed by atoms with Gasteiger partial charge in [0.1, 0.15) is 6.10 Å². The molecule has 0 aromatic heterocycles. The van der Waals surface area contributed by atoms with Crippen LogP contribution in [0.1, 0.15) is 31.1 Å². The number of aliphatic hydroxyl groups is 2. The average molecular weight is 228 g/mol. The summed E-state index contributed by atoms with van der Waals surface area (Å²) >= 11 is 0. The van der Waals surface area contributed by atoms with Crippen LogP contribution in [0, 0.1) is 5.92 Å². The lowest BCUT2D eigenvalue weighted by molar-refractivity contribution is -0.240. The second-order valence-electron chi connectivity index (χ2n) is 4.53. The van der Waals surface area contributed by atoms with Crippen LogP contribution in [0.4, 0.5) is 8.78 Å².